The summed E-state index contributed by atoms with van der Waals surface area (Å²) in [5, 5.41) is 12.4. The number of nitriles is 1. The second-order valence-electron chi connectivity index (χ2n) is 11.8. The van der Waals surface area contributed by atoms with Crippen molar-refractivity contribution in [2.24, 2.45) is 5.41 Å². The number of rotatable bonds is 6. The number of nitrogens with zero attached hydrogens (tertiary/aromatic N) is 2. The van der Waals surface area contributed by atoms with E-state index in [2.05, 4.69) is 92.9 Å². The van der Waals surface area contributed by atoms with Crippen molar-refractivity contribution in [2.45, 2.75) is 37.5 Å². The molecule has 0 radical (unpaired) electrons. The summed E-state index contributed by atoms with van der Waals surface area (Å²) in [6.45, 7) is 10.4. The van der Waals surface area contributed by atoms with Gasteiger partial charge in [0.25, 0.3) is 0 Å². The van der Waals surface area contributed by atoms with Gasteiger partial charge in [-0.1, -0.05) is 135 Å². The normalized spacial score (nSPS) is 25.0. The fourth-order valence-corrected chi connectivity index (χ4v) is 6.58. The van der Waals surface area contributed by atoms with Crippen molar-refractivity contribution in [1.29, 1.82) is 5.26 Å². The van der Waals surface area contributed by atoms with E-state index in [1.165, 1.54) is 27.3 Å². The molecule has 1 aliphatic heterocycles. The first-order valence-electron chi connectivity index (χ1n) is 14.7. The van der Waals surface area contributed by atoms with Crippen LogP contribution in [0.2, 0.25) is 0 Å². The van der Waals surface area contributed by atoms with E-state index < -0.39 is 5.41 Å². The Bertz CT molecular complexity index is 1780. The van der Waals surface area contributed by atoms with Gasteiger partial charge in [-0.25, -0.2) is 0 Å². The SMILES string of the molecule is C=C/C=c1/cccc/c1=C/Cc1ccc(CC2=CN2[S-])cc1.C=C1/C=C\C=C/C2(C#N)CC(C)(C[NH-])C1c1ccccc12.[W+2]. The molecule has 5 heteroatoms. The van der Waals surface area contributed by atoms with E-state index in [0.29, 0.717) is 6.42 Å². The molecule has 220 valence electrons. The molecule has 3 nitrogen and oxygen atoms in total. The zero-order valence-corrected chi connectivity index (χ0v) is 28.8. The van der Waals surface area contributed by atoms with Crippen LogP contribution < -0.4 is 10.4 Å². The first kappa shape index (κ1) is 33.3. The van der Waals surface area contributed by atoms with Gasteiger partial charge in [-0.15, -0.1) is 6.54 Å². The molecule has 44 heavy (non-hydrogen) atoms. The maximum absolute atomic E-state index is 9.91. The monoisotopic (exact) mass is 763 g/mol. The molecule has 0 aromatic heterocycles. The van der Waals surface area contributed by atoms with Gasteiger partial charge in [0, 0.05) is 18.0 Å². The maximum Gasteiger partial charge on any atom is 2.00 e. The van der Waals surface area contributed by atoms with Crippen molar-refractivity contribution in [3.8, 4) is 6.07 Å². The second kappa shape index (κ2) is 14.4. The van der Waals surface area contributed by atoms with Gasteiger partial charge in [-0.3, -0.25) is 0 Å². The van der Waals surface area contributed by atoms with E-state index in [9.17, 15) is 5.26 Å². The summed E-state index contributed by atoms with van der Waals surface area (Å²) in [5.41, 5.74) is 14.3. The van der Waals surface area contributed by atoms with Crippen LogP contribution >= 0.6 is 0 Å². The van der Waals surface area contributed by atoms with Gasteiger partial charge in [0.15, 0.2) is 0 Å². The summed E-state index contributed by atoms with van der Waals surface area (Å²) in [7, 11) is 0. The Balaban J connectivity index is 0.000000197. The van der Waals surface area contributed by atoms with Crippen molar-refractivity contribution < 1.29 is 21.1 Å². The zero-order valence-electron chi connectivity index (χ0n) is 25.1. The first-order valence-corrected chi connectivity index (χ1v) is 15.0. The minimum atomic E-state index is -0.641. The van der Waals surface area contributed by atoms with E-state index in [1.807, 2.05) is 54.8 Å². The van der Waals surface area contributed by atoms with Gasteiger partial charge >= 0.3 is 21.1 Å². The molecular weight excluding hydrogens is 726 g/mol. The molecule has 2 bridgehead atoms. The predicted molar refractivity (Wildman–Crippen MR) is 182 cm³/mol. The summed E-state index contributed by atoms with van der Waals surface area (Å²) >= 11 is 5.03. The third kappa shape index (κ3) is 7.19. The third-order valence-corrected chi connectivity index (χ3v) is 8.99. The van der Waals surface area contributed by atoms with E-state index in [4.69, 9.17) is 18.5 Å². The van der Waals surface area contributed by atoms with Gasteiger partial charge in [-0.05, 0) is 62.7 Å². The average Bonchev–Trinajstić information content (AvgIpc) is 3.71. The molecule has 0 spiro atoms. The maximum atomic E-state index is 9.91. The Hall–Kier alpha value is -3.61. The van der Waals surface area contributed by atoms with Crippen LogP contribution in [0.15, 0.2) is 134 Å². The molecule has 6 rings (SSSR count). The van der Waals surface area contributed by atoms with Crippen LogP contribution in [0.1, 0.15) is 41.5 Å². The molecule has 1 heterocycles. The first-order chi connectivity index (χ1) is 20.8. The van der Waals surface area contributed by atoms with Crippen molar-refractivity contribution in [2.75, 3.05) is 6.54 Å². The Morgan fingerprint density at radius 1 is 1.02 bits per heavy atom. The smallest absolute Gasteiger partial charge is 0.677 e. The summed E-state index contributed by atoms with van der Waals surface area (Å²) in [5.74, 6) is 0.101. The topological polar surface area (TPSA) is 50.6 Å². The molecule has 0 amide bonds. The van der Waals surface area contributed by atoms with Gasteiger partial charge in [0.05, 0.1) is 6.07 Å². The quantitative estimate of drug-likeness (QED) is 0.245. The molecule has 3 aromatic rings. The standard InChI is InChI=1S/C20H18NS.C19H19N2.W/c1-2-5-18-6-3-4-7-19(18)13-12-16-8-10-17(11-9-16)14-20-15-21(20)22;1-14-7-5-6-10-19(13-21)11-18(2,12-20)17(14)15-8-3-4-9-16(15)19;/h2-11,13,15H,1,12,14H2;3-10,17,20H,1,11-12H2,2H3;/q2*-1;+2/b18-5-,19-13-;7-5-,10-6-;. The second-order valence-corrected chi connectivity index (χ2v) is 12.2. The van der Waals surface area contributed by atoms with Crippen LogP contribution in [0.5, 0.6) is 0 Å². The molecule has 0 saturated heterocycles. The van der Waals surface area contributed by atoms with Crippen LogP contribution in [0.4, 0.5) is 0 Å². The Kier molecular flexibility index (Phi) is 10.9. The molecule has 3 aliphatic rings. The summed E-state index contributed by atoms with van der Waals surface area (Å²) in [6, 6.07) is 27.8. The van der Waals surface area contributed by atoms with E-state index in [-0.39, 0.29) is 38.9 Å². The summed E-state index contributed by atoms with van der Waals surface area (Å²) in [6.07, 6.45) is 18.6. The summed E-state index contributed by atoms with van der Waals surface area (Å²) < 4.78 is 1.76. The molecule has 3 atom stereocenters. The molecule has 0 saturated carbocycles. The van der Waals surface area contributed by atoms with E-state index in [0.717, 1.165) is 29.5 Å². The largest absolute Gasteiger partial charge is 2.00 e. The molecule has 1 N–H and O–H groups in total. The predicted octanol–water partition coefficient (Wildman–Crippen LogP) is 7.51. The van der Waals surface area contributed by atoms with Crippen LogP contribution in [0.25, 0.3) is 17.9 Å². The number of fused-ring (bicyclic) bond motifs is 6. The zero-order chi connectivity index (χ0) is 30.5. The minimum Gasteiger partial charge on any atom is -0.677 e. The number of benzene rings is 3. The number of hydrogen-bond acceptors (Lipinski definition) is 3. The van der Waals surface area contributed by atoms with Crippen molar-refractivity contribution in [3.05, 3.63) is 172 Å². The van der Waals surface area contributed by atoms with Gasteiger partial charge < -0.3 is 22.9 Å². The Morgan fingerprint density at radius 3 is 2.34 bits per heavy atom. The van der Waals surface area contributed by atoms with Crippen molar-refractivity contribution in [1.82, 2.24) is 4.31 Å². The van der Waals surface area contributed by atoms with Gasteiger partial charge in [-0.2, -0.15) is 5.26 Å². The van der Waals surface area contributed by atoms with Crippen LogP contribution in [0, 0.1) is 16.7 Å². The van der Waals surface area contributed by atoms with Crippen molar-refractivity contribution in [3.63, 3.8) is 0 Å². The number of hydrogen-bond donors (Lipinski definition) is 0. The minimum absolute atomic E-state index is 0. The number of allylic oxidation sites excluding steroid dienone is 7. The van der Waals surface area contributed by atoms with Crippen LogP contribution in [-0.4, -0.2) is 10.8 Å². The van der Waals surface area contributed by atoms with Crippen LogP contribution in [-0.2, 0) is 52.1 Å². The Labute approximate surface area is 282 Å². The summed E-state index contributed by atoms with van der Waals surface area (Å²) in [4.78, 5) is 0. The van der Waals surface area contributed by atoms with E-state index in [1.54, 1.807) is 4.31 Å². The Morgan fingerprint density at radius 2 is 1.68 bits per heavy atom. The fourth-order valence-electron chi connectivity index (χ4n) is 6.39. The molecule has 2 aliphatic carbocycles. The molecule has 3 aromatic carbocycles. The molecular formula is C39H37N3SW. The molecule has 0 fully saturated rings. The van der Waals surface area contributed by atoms with Crippen molar-refractivity contribution >= 4 is 25.0 Å². The van der Waals surface area contributed by atoms with Gasteiger partial charge in [0.2, 0.25) is 0 Å². The average molecular weight is 764 g/mol. The molecule has 3 unspecified atom stereocenters. The fraction of sp³-hybridized carbons (Fsp3) is 0.205. The number of nitrogens with one attached hydrogen (secondary N) is 1. The van der Waals surface area contributed by atoms with Crippen LogP contribution in [0.3, 0.4) is 0 Å². The van der Waals surface area contributed by atoms with E-state index >= 15 is 0 Å². The third-order valence-electron chi connectivity index (χ3n) is 8.65. The van der Waals surface area contributed by atoms with Gasteiger partial charge in [0.1, 0.15) is 5.41 Å².